The molecule has 0 unspecified atom stereocenters. The number of fused-ring (bicyclic) bond motifs is 10. The highest BCUT2D eigenvalue weighted by atomic mass is 19.2. The molecule has 4 aromatic rings. The number of nitrogens with zero attached hydrogens (tertiary/aromatic N) is 2. The molecule has 0 N–H and O–H groups in total. The minimum Gasteiger partial charge on any atom is -0.451 e. The zero-order valence-electron chi connectivity index (χ0n) is 29.3. The van der Waals surface area contributed by atoms with Gasteiger partial charge >= 0.3 is 0 Å². The Kier molecular flexibility index (Phi) is 7.82. The summed E-state index contributed by atoms with van der Waals surface area (Å²) >= 11 is 0. The fourth-order valence-corrected chi connectivity index (χ4v) is 9.76. The van der Waals surface area contributed by atoms with Crippen LogP contribution in [0.25, 0.3) is 11.1 Å². The van der Waals surface area contributed by atoms with Gasteiger partial charge in [0.25, 0.3) is 0 Å². The van der Waals surface area contributed by atoms with Crippen LogP contribution in [-0.4, -0.2) is 23.6 Å². The van der Waals surface area contributed by atoms with Gasteiger partial charge in [-0.25, -0.2) is 27.4 Å². The number of allylic oxidation sites excluding steroid dienone is 4. The molecule has 4 amide bonds. The summed E-state index contributed by atoms with van der Waals surface area (Å²) in [6, 6.07) is 9.31. The second-order valence-corrected chi connectivity index (χ2v) is 15.1. The van der Waals surface area contributed by atoms with Crippen LogP contribution in [0.2, 0.25) is 0 Å². The number of amides is 4. The third-order valence-corrected chi connectivity index (χ3v) is 12.2. The van der Waals surface area contributed by atoms with Crippen molar-refractivity contribution in [2.45, 2.75) is 12.8 Å². The smallest absolute Gasteiger partial charge is 0.238 e. The van der Waals surface area contributed by atoms with E-state index >= 15 is 35.1 Å². The van der Waals surface area contributed by atoms with Crippen molar-refractivity contribution in [2.75, 3.05) is 9.80 Å². The molecule has 0 aromatic heterocycles. The Hall–Kier alpha value is -6.32. The summed E-state index contributed by atoms with van der Waals surface area (Å²) in [5, 5.41) is 0. The van der Waals surface area contributed by atoms with E-state index < -0.39 is 128 Å². The van der Waals surface area contributed by atoms with E-state index in [-0.39, 0.29) is 35.0 Å². The molecule has 294 valence electrons. The van der Waals surface area contributed by atoms with Crippen molar-refractivity contribution in [1.29, 1.82) is 0 Å². The van der Waals surface area contributed by atoms with Gasteiger partial charge in [-0.05, 0) is 60.8 Å². The lowest BCUT2D eigenvalue weighted by Gasteiger charge is -2.19. The molecular formula is C42H24F8N2O6. The van der Waals surface area contributed by atoms with E-state index in [1.165, 1.54) is 24.3 Å². The summed E-state index contributed by atoms with van der Waals surface area (Å²) in [6.45, 7) is 0. The summed E-state index contributed by atoms with van der Waals surface area (Å²) in [4.78, 5) is 54.7. The molecule has 4 aromatic carbocycles. The number of hydrogen-bond donors (Lipinski definition) is 0. The van der Waals surface area contributed by atoms with Crippen LogP contribution < -0.4 is 19.3 Å². The van der Waals surface area contributed by atoms with Crippen LogP contribution in [0.1, 0.15) is 12.8 Å². The van der Waals surface area contributed by atoms with E-state index in [9.17, 15) is 19.2 Å². The van der Waals surface area contributed by atoms with Crippen LogP contribution in [0, 0.1) is 93.9 Å². The van der Waals surface area contributed by atoms with Crippen LogP contribution in [0.4, 0.5) is 46.5 Å². The maximum Gasteiger partial charge on any atom is 0.238 e. The highest BCUT2D eigenvalue weighted by Gasteiger charge is 2.61. The number of benzene rings is 4. The Bertz CT molecular complexity index is 2350. The second kappa shape index (κ2) is 12.6. The molecule has 8 atom stereocenters. The predicted molar refractivity (Wildman–Crippen MR) is 185 cm³/mol. The Morgan fingerprint density at radius 3 is 1.02 bits per heavy atom. The van der Waals surface area contributed by atoms with Crippen molar-refractivity contribution >= 4 is 35.0 Å². The Labute approximate surface area is 321 Å². The van der Waals surface area contributed by atoms with E-state index in [1.807, 2.05) is 24.3 Å². The molecule has 58 heavy (non-hydrogen) atoms. The standard InChI is InChI=1S/C42H24F8N2O6/c43-29-27(30(44)34(48)37(33(29)47)57-21-5-1-3-19(13-21)51-39(53)23-15-7-8-16(11-15)24(23)40(51)54)28-31(45)35(49)38(36(50)32(28)46)58-22-6-2-4-20(14-22)52-41(55)25-17-9-10-18(12-17)26(25)42(52)56/h1-10,13-18,23-26H,11-12H2/t15-,16-,17-,18-,23+,24+,25+,26+/m0/s1. The number of imide groups is 2. The van der Waals surface area contributed by atoms with Gasteiger partial charge in [0.05, 0.1) is 46.2 Å². The third-order valence-electron chi connectivity index (χ3n) is 12.2. The number of halogens is 8. The largest absolute Gasteiger partial charge is 0.451 e. The van der Waals surface area contributed by atoms with Gasteiger partial charge in [-0.15, -0.1) is 0 Å². The number of carbonyl (C=O) groups is 4. The minimum absolute atomic E-state index is 0.0617. The quantitative estimate of drug-likeness (QED) is 0.0804. The minimum atomic E-state index is -2.49. The molecule has 4 bridgehead atoms. The van der Waals surface area contributed by atoms with Crippen LogP contribution in [0.3, 0.4) is 0 Å². The third kappa shape index (κ3) is 4.86. The number of ether oxygens (including phenoxy) is 2. The molecule has 10 rings (SSSR count). The lowest BCUT2D eigenvalue weighted by molar-refractivity contribution is -0.124. The van der Waals surface area contributed by atoms with Gasteiger partial charge in [-0.2, -0.15) is 17.6 Å². The summed E-state index contributed by atoms with van der Waals surface area (Å²) in [5.41, 5.74) is -4.43. The summed E-state index contributed by atoms with van der Waals surface area (Å²) in [5.74, 6) is -28.8. The Morgan fingerprint density at radius 1 is 0.431 bits per heavy atom. The van der Waals surface area contributed by atoms with Gasteiger partial charge in [0.15, 0.2) is 23.3 Å². The molecular weight excluding hydrogens is 780 g/mol. The average Bonchev–Trinajstić information content (AvgIpc) is 4.08. The first-order valence-corrected chi connectivity index (χ1v) is 18.2. The second-order valence-electron chi connectivity index (χ2n) is 15.1. The van der Waals surface area contributed by atoms with Crippen molar-refractivity contribution < 1.29 is 63.8 Å². The van der Waals surface area contributed by atoms with Crippen LogP contribution >= 0.6 is 0 Å². The van der Waals surface area contributed by atoms with Gasteiger partial charge in [-0.3, -0.25) is 19.2 Å². The normalized spacial score (nSPS) is 27.4. The molecule has 0 spiro atoms. The van der Waals surface area contributed by atoms with E-state index in [0.29, 0.717) is 12.8 Å². The maximum atomic E-state index is 15.6. The molecule has 4 aliphatic carbocycles. The van der Waals surface area contributed by atoms with Gasteiger partial charge in [0, 0.05) is 12.1 Å². The summed E-state index contributed by atoms with van der Waals surface area (Å²) < 4.78 is 134. The van der Waals surface area contributed by atoms with Crippen LogP contribution in [0.5, 0.6) is 23.0 Å². The van der Waals surface area contributed by atoms with Crippen molar-refractivity contribution in [1.82, 2.24) is 0 Å². The van der Waals surface area contributed by atoms with E-state index in [4.69, 9.17) is 9.47 Å². The lowest BCUT2D eigenvalue weighted by Crippen LogP contribution is -2.32. The van der Waals surface area contributed by atoms with E-state index in [2.05, 4.69) is 0 Å². The molecule has 4 fully saturated rings. The van der Waals surface area contributed by atoms with Gasteiger partial charge in [-0.1, -0.05) is 36.4 Å². The van der Waals surface area contributed by atoms with Gasteiger partial charge < -0.3 is 9.47 Å². The maximum absolute atomic E-state index is 15.6. The molecule has 2 heterocycles. The van der Waals surface area contributed by atoms with E-state index in [1.54, 1.807) is 0 Å². The molecule has 8 nitrogen and oxygen atoms in total. The number of carbonyl (C=O) groups excluding carboxylic acids is 4. The highest BCUT2D eigenvalue weighted by molar-refractivity contribution is 6.23. The van der Waals surface area contributed by atoms with Crippen LogP contribution in [0.15, 0.2) is 72.8 Å². The predicted octanol–water partition coefficient (Wildman–Crippen LogP) is 8.67. The van der Waals surface area contributed by atoms with Gasteiger partial charge in [0.1, 0.15) is 11.5 Å². The monoisotopic (exact) mass is 804 g/mol. The molecule has 6 aliphatic rings. The number of hydrogen-bond acceptors (Lipinski definition) is 6. The Morgan fingerprint density at radius 2 is 0.724 bits per heavy atom. The fraction of sp³-hybridized carbons (Fsp3) is 0.238. The highest BCUT2D eigenvalue weighted by Crippen LogP contribution is 2.55. The van der Waals surface area contributed by atoms with Crippen molar-refractivity contribution in [3.8, 4) is 34.1 Å². The molecule has 0 radical (unpaired) electrons. The summed E-state index contributed by atoms with van der Waals surface area (Å²) in [7, 11) is 0. The lowest BCUT2D eigenvalue weighted by atomic mass is 9.85. The van der Waals surface area contributed by atoms with E-state index in [0.717, 1.165) is 34.1 Å². The first-order chi connectivity index (χ1) is 27.8. The zero-order chi connectivity index (χ0) is 40.6. The van der Waals surface area contributed by atoms with Crippen molar-refractivity contribution in [3.05, 3.63) is 119 Å². The fourth-order valence-electron chi connectivity index (χ4n) is 9.76. The van der Waals surface area contributed by atoms with Crippen LogP contribution in [-0.2, 0) is 19.2 Å². The number of anilines is 2. The molecule has 2 saturated heterocycles. The molecule has 2 saturated carbocycles. The van der Waals surface area contributed by atoms with Crippen molar-refractivity contribution in [3.63, 3.8) is 0 Å². The molecule has 2 aliphatic heterocycles. The summed E-state index contributed by atoms with van der Waals surface area (Å²) in [6.07, 6.45) is 8.79. The zero-order valence-corrected chi connectivity index (χ0v) is 29.3. The first-order valence-electron chi connectivity index (χ1n) is 18.2. The van der Waals surface area contributed by atoms with Crippen molar-refractivity contribution in [2.24, 2.45) is 47.3 Å². The Balaban J connectivity index is 0.938. The number of rotatable bonds is 7. The topological polar surface area (TPSA) is 93.2 Å². The first kappa shape index (κ1) is 36.0. The van der Waals surface area contributed by atoms with Gasteiger partial charge in [0.2, 0.25) is 58.4 Å². The molecule has 16 heteroatoms. The SMILES string of the molecule is O=C1[C@H]2[C@H](C(=O)N1c1cccc(Oc3c(F)c(F)c(-c4c(F)c(F)c(Oc5cccc(N6C(=O)[C@H]7[C@H](C6=O)[C@H]6C=C[C@H]7C6)c5)c(F)c4F)c(F)c3F)c1)[C@H]1C=C[C@H]2C1. The average molecular weight is 805 g/mol.